The zero-order chi connectivity index (χ0) is 12.3. The van der Waals surface area contributed by atoms with Gasteiger partial charge in [0.15, 0.2) is 5.96 Å². The molecule has 0 aliphatic carbocycles. The summed E-state index contributed by atoms with van der Waals surface area (Å²) in [6.45, 7) is 14.3. The third-order valence-electron chi connectivity index (χ3n) is 2.62. The van der Waals surface area contributed by atoms with Crippen molar-refractivity contribution < 1.29 is 0 Å². The van der Waals surface area contributed by atoms with E-state index in [0.29, 0.717) is 11.3 Å². The third-order valence-corrected chi connectivity index (χ3v) is 2.62. The average molecular weight is 213 g/mol. The molecular weight excluding hydrogens is 186 g/mol. The Kier molecular flexibility index (Phi) is 4.63. The summed E-state index contributed by atoms with van der Waals surface area (Å²) in [4.78, 5) is 0. The molecule has 15 heavy (non-hydrogen) atoms. The smallest absolute Gasteiger partial charge is 0.185 e. The first kappa shape index (κ1) is 14.3. The first-order valence-electron chi connectivity index (χ1n) is 5.60. The highest BCUT2D eigenvalue weighted by Crippen LogP contribution is 2.35. The molecule has 0 spiro atoms. The minimum atomic E-state index is 0.0677. The van der Waals surface area contributed by atoms with Crippen molar-refractivity contribution in [3.8, 4) is 0 Å². The van der Waals surface area contributed by atoms with Crippen molar-refractivity contribution in [1.82, 2.24) is 5.32 Å². The van der Waals surface area contributed by atoms with Crippen LogP contribution in [0.5, 0.6) is 0 Å². The van der Waals surface area contributed by atoms with E-state index in [2.05, 4.69) is 46.9 Å². The molecule has 0 amide bonds. The summed E-state index contributed by atoms with van der Waals surface area (Å²) in [6.07, 6.45) is 1.14. The molecule has 0 aromatic heterocycles. The van der Waals surface area contributed by atoms with E-state index in [-0.39, 0.29) is 11.4 Å². The van der Waals surface area contributed by atoms with Crippen LogP contribution in [0.2, 0.25) is 0 Å². The van der Waals surface area contributed by atoms with Gasteiger partial charge in [0.05, 0.1) is 0 Å². The molecule has 90 valence electrons. The number of hydrogen-bond donors (Lipinski definition) is 3. The predicted molar refractivity (Wildman–Crippen MR) is 66.9 cm³/mol. The first-order valence-corrected chi connectivity index (χ1v) is 5.60. The highest BCUT2D eigenvalue weighted by Gasteiger charge is 2.28. The van der Waals surface area contributed by atoms with Crippen molar-refractivity contribution in [3.05, 3.63) is 0 Å². The first-order chi connectivity index (χ1) is 6.52. The Hall–Kier alpha value is -0.730. The van der Waals surface area contributed by atoms with Crippen LogP contribution in [0.3, 0.4) is 0 Å². The Morgan fingerprint density at radius 2 is 1.67 bits per heavy atom. The van der Waals surface area contributed by atoms with E-state index < -0.39 is 0 Å². The van der Waals surface area contributed by atoms with E-state index in [0.717, 1.165) is 13.0 Å². The molecule has 4 N–H and O–H groups in total. The van der Waals surface area contributed by atoms with E-state index in [1.807, 2.05) is 0 Å². The van der Waals surface area contributed by atoms with Crippen molar-refractivity contribution >= 4 is 5.96 Å². The number of hydrogen-bond acceptors (Lipinski definition) is 1. The average Bonchev–Trinajstić information content (AvgIpc) is 1.93. The molecule has 0 aliphatic rings. The second-order valence-electron chi connectivity index (χ2n) is 6.62. The maximum absolute atomic E-state index is 7.19. The van der Waals surface area contributed by atoms with Crippen LogP contribution in [-0.2, 0) is 0 Å². The lowest BCUT2D eigenvalue weighted by atomic mass is 9.72. The van der Waals surface area contributed by atoms with E-state index >= 15 is 0 Å². The minimum Gasteiger partial charge on any atom is -0.370 e. The van der Waals surface area contributed by atoms with Crippen LogP contribution < -0.4 is 11.1 Å². The predicted octanol–water partition coefficient (Wildman–Crippen LogP) is 2.57. The Labute approximate surface area is 94.3 Å². The Bertz CT molecular complexity index is 208. The zero-order valence-corrected chi connectivity index (χ0v) is 11.1. The highest BCUT2D eigenvalue weighted by atomic mass is 15.0. The van der Waals surface area contributed by atoms with Gasteiger partial charge in [0.2, 0.25) is 0 Å². The monoisotopic (exact) mass is 213 g/mol. The van der Waals surface area contributed by atoms with Gasteiger partial charge in [-0.15, -0.1) is 0 Å². The molecule has 1 atom stereocenters. The van der Waals surface area contributed by atoms with Gasteiger partial charge in [0, 0.05) is 6.54 Å². The van der Waals surface area contributed by atoms with E-state index in [9.17, 15) is 0 Å². The van der Waals surface area contributed by atoms with Crippen molar-refractivity contribution in [2.45, 2.75) is 48.0 Å². The SMILES string of the molecule is CC(C)(C)CC(CNC(=N)N)C(C)(C)C. The quantitative estimate of drug-likeness (QED) is 0.498. The van der Waals surface area contributed by atoms with Crippen LogP contribution in [0.4, 0.5) is 0 Å². The van der Waals surface area contributed by atoms with Crippen LogP contribution >= 0.6 is 0 Å². The molecule has 0 rings (SSSR count). The maximum Gasteiger partial charge on any atom is 0.185 e. The van der Waals surface area contributed by atoms with Crippen LogP contribution in [-0.4, -0.2) is 12.5 Å². The van der Waals surface area contributed by atoms with Crippen LogP contribution in [0.25, 0.3) is 0 Å². The molecule has 0 heterocycles. The number of rotatable bonds is 3. The van der Waals surface area contributed by atoms with Gasteiger partial charge in [-0.2, -0.15) is 0 Å². The molecule has 0 saturated carbocycles. The topological polar surface area (TPSA) is 61.9 Å². The van der Waals surface area contributed by atoms with Gasteiger partial charge in [-0.05, 0) is 23.2 Å². The molecule has 0 bridgehead atoms. The third kappa shape index (κ3) is 7.23. The molecule has 1 unspecified atom stereocenters. The Morgan fingerprint density at radius 1 is 1.20 bits per heavy atom. The maximum atomic E-state index is 7.19. The lowest BCUT2D eigenvalue weighted by molar-refractivity contribution is 0.167. The minimum absolute atomic E-state index is 0.0677. The molecule has 0 aromatic rings. The molecule has 3 heteroatoms. The molecule has 0 radical (unpaired) electrons. The second-order valence-corrected chi connectivity index (χ2v) is 6.62. The summed E-state index contributed by atoms with van der Waals surface area (Å²) in [6, 6.07) is 0. The van der Waals surface area contributed by atoms with Gasteiger partial charge in [-0.25, -0.2) is 0 Å². The van der Waals surface area contributed by atoms with E-state index in [1.165, 1.54) is 0 Å². The standard InChI is InChI=1S/C12H27N3/c1-11(2,3)7-9(12(4,5)6)8-15-10(13)14/h9H,7-8H2,1-6H3,(H4,13,14,15). The van der Waals surface area contributed by atoms with Gasteiger partial charge in [-0.1, -0.05) is 41.5 Å². The summed E-state index contributed by atoms with van der Waals surface area (Å²) in [7, 11) is 0. The van der Waals surface area contributed by atoms with Crippen LogP contribution in [0, 0.1) is 22.2 Å². The number of nitrogens with two attached hydrogens (primary N) is 1. The van der Waals surface area contributed by atoms with Crippen molar-refractivity contribution in [2.24, 2.45) is 22.5 Å². The Morgan fingerprint density at radius 3 is 1.93 bits per heavy atom. The van der Waals surface area contributed by atoms with Gasteiger partial charge in [-0.3, -0.25) is 5.41 Å². The number of nitrogens with one attached hydrogen (secondary N) is 2. The normalized spacial score (nSPS) is 14.8. The zero-order valence-electron chi connectivity index (χ0n) is 11.1. The lowest BCUT2D eigenvalue weighted by Crippen LogP contribution is -2.39. The van der Waals surface area contributed by atoms with Crippen molar-refractivity contribution in [3.63, 3.8) is 0 Å². The van der Waals surface area contributed by atoms with Crippen molar-refractivity contribution in [2.75, 3.05) is 6.54 Å². The molecule has 0 fully saturated rings. The van der Waals surface area contributed by atoms with Gasteiger partial charge in [0.25, 0.3) is 0 Å². The molecule has 0 aromatic carbocycles. The fourth-order valence-corrected chi connectivity index (χ4v) is 1.66. The van der Waals surface area contributed by atoms with E-state index in [1.54, 1.807) is 0 Å². The molecule has 3 nitrogen and oxygen atoms in total. The highest BCUT2D eigenvalue weighted by molar-refractivity contribution is 5.74. The van der Waals surface area contributed by atoms with Gasteiger partial charge in [0.1, 0.15) is 0 Å². The fourth-order valence-electron chi connectivity index (χ4n) is 1.66. The van der Waals surface area contributed by atoms with E-state index in [4.69, 9.17) is 11.1 Å². The number of guanidine groups is 1. The Balaban J connectivity index is 4.40. The summed E-state index contributed by atoms with van der Waals surface area (Å²) >= 11 is 0. The van der Waals surface area contributed by atoms with Gasteiger partial charge < -0.3 is 11.1 Å². The van der Waals surface area contributed by atoms with Crippen LogP contribution in [0.15, 0.2) is 0 Å². The summed E-state index contributed by atoms with van der Waals surface area (Å²) < 4.78 is 0. The fraction of sp³-hybridized carbons (Fsp3) is 0.917. The van der Waals surface area contributed by atoms with Gasteiger partial charge >= 0.3 is 0 Å². The molecule has 0 aliphatic heterocycles. The largest absolute Gasteiger partial charge is 0.370 e. The summed E-state index contributed by atoms with van der Waals surface area (Å²) in [5.41, 5.74) is 5.88. The second kappa shape index (κ2) is 4.86. The molecule has 0 saturated heterocycles. The molecular formula is C12H27N3. The summed E-state index contributed by atoms with van der Waals surface area (Å²) in [5.74, 6) is 0.597. The summed E-state index contributed by atoms with van der Waals surface area (Å²) in [5, 5.41) is 10.1. The lowest BCUT2D eigenvalue weighted by Gasteiger charge is -2.35. The van der Waals surface area contributed by atoms with Crippen molar-refractivity contribution in [1.29, 1.82) is 5.41 Å². The van der Waals surface area contributed by atoms with Crippen LogP contribution in [0.1, 0.15) is 48.0 Å².